The summed E-state index contributed by atoms with van der Waals surface area (Å²) in [5.74, 6) is -3.22. The van der Waals surface area contributed by atoms with Crippen LogP contribution in [0, 0.1) is 0 Å². The Kier molecular flexibility index (Phi) is 10.8. The van der Waals surface area contributed by atoms with Crippen molar-refractivity contribution in [2.24, 2.45) is 0 Å². The highest BCUT2D eigenvalue weighted by molar-refractivity contribution is 5.85. The summed E-state index contributed by atoms with van der Waals surface area (Å²) in [6.07, 6.45) is 0.850. The van der Waals surface area contributed by atoms with E-state index in [2.05, 4.69) is 0 Å². The molecule has 6 nitrogen and oxygen atoms in total. The lowest BCUT2D eigenvalue weighted by Gasteiger charge is -1.97. The topological polar surface area (TPSA) is 120 Å². The van der Waals surface area contributed by atoms with E-state index in [0.717, 1.165) is 0 Å². The minimum absolute atomic E-state index is 0.181. The van der Waals surface area contributed by atoms with E-state index in [1.54, 1.807) is 43.3 Å². The van der Waals surface area contributed by atoms with Gasteiger partial charge in [-0.1, -0.05) is 74.0 Å². The molecule has 0 aromatic heterocycles. The van der Waals surface area contributed by atoms with Crippen molar-refractivity contribution in [1.29, 1.82) is 0 Å². The standard InChI is InChI=1S/2C7H6O2.C4H8O2/c2*8-7(9)6-4-2-1-3-5-6;1-2-3-4(5)6/h2*1-5H,(H,8,9);2-3H2,1H3,(H,5,6)/p-3. The Hall–Kier alpha value is -3.15. The molecule has 0 N–H and O–H groups in total. The van der Waals surface area contributed by atoms with Gasteiger partial charge in [0, 0.05) is 5.97 Å². The molecule has 0 amide bonds. The van der Waals surface area contributed by atoms with E-state index in [0.29, 0.717) is 6.42 Å². The van der Waals surface area contributed by atoms with Crippen LogP contribution in [0.3, 0.4) is 0 Å². The molecular formula is C18H17O6-3. The first-order valence-electron chi connectivity index (χ1n) is 7.11. The highest BCUT2D eigenvalue weighted by Crippen LogP contribution is 1.95. The zero-order valence-corrected chi connectivity index (χ0v) is 13.1. The molecule has 0 radical (unpaired) electrons. The molecule has 0 aliphatic carbocycles. The first-order valence-corrected chi connectivity index (χ1v) is 7.11. The first kappa shape index (κ1) is 20.9. The largest absolute Gasteiger partial charge is 0.550 e. The maximum atomic E-state index is 10.1. The third kappa shape index (κ3) is 10.6. The maximum absolute atomic E-state index is 10.1. The third-order valence-corrected chi connectivity index (χ3v) is 2.47. The second-order valence-electron chi connectivity index (χ2n) is 4.43. The summed E-state index contributed by atoms with van der Waals surface area (Å²) in [5.41, 5.74) is 0.440. The van der Waals surface area contributed by atoms with Crippen LogP contribution < -0.4 is 15.3 Å². The molecule has 0 spiro atoms. The number of carboxylic acid groups (broad SMARTS) is 3. The molecule has 0 saturated heterocycles. The molecular weight excluding hydrogens is 312 g/mol. The lowest BCUT2D eigenvalue weighted by Crippen LogP contribution is -2.21. The van der Waals surface area contributed by atoms with Crippen LogP contribution >= 0.6 is 0 Å². The summed E-state index contributed by atoms with van der Waals surface area (Å²) in [6, 6.07) is 16.1. The Bertz CT molecular complexity index is 573. The number of aliphatic carboxylic acids is 1. The van der Waals surface area contributed by atoms with Crippen molar-refractivity contribution in [3.63, 3.8) is 0 Å². The number of aromatic carboxylic acids is 2. The zero-order valence-electron chi connectivity index (χ0n) is 13.1. The summed E-state index contributed by atoms with van der Waals surface area (Å²) in [6.45, 7) is 1.80. The van der Waals surface area contributed by atoms with Gasteiger partial charge in [-0.3, -0.25) is 0 Å². The number of rotatable bonds is 4. The molecule has 0 aliphatic rings. The molecule has 6 heteroatoms. The Morgan fingerprint density at radius 2 is 1.04 bits per heavy atom. The van der Waals surface area contributed by atoms with E-state index in [9.17, 15) is 29.7 Å². The van der Waals surface area contributed by atoms with Crippen LogP contribution in [0.2, 0.25) is 0 Å². The molecule has 0 atom stereocenters. The normalized spacial score (nSPS) is 8.71. The number of carboxylic acids is 3. The highest BCUT2D eigenvalue weighted by atomic mass is 16.4. The average molecular weight is 329 g/mol. The molecule has 0 aliphatic heterocycles. The number of carbonyl (C=O) groups excluding carboxylic acids is 3. The van der Waals surface area contributed by atoms with Gasteiger partial charge in [0.25, 0.3) is 0 Å². The van der Waals surface area contributed by atoms with Gasteiger partial charge in [0.1, 0.15) is 0 Å². The minimum Gasteiger partial charge on any atom is -0.550 e. The van der Waals surface area contributed by atoms with Gasteiger partial charge in [0.2, 0.25) is 0 Å². The molecule has 0 saturated carbocycles. The van der Waals surface area contributed by atoms with E-state index < -0.39 is 17.9 Å². The lowest BCUT2D eigenvalue weighted by atomic mass is 10.2. The minimum atomic E-state index is -1.13. The second-order valence-corrected chi connectivity index (χ2v) is 4.43. The van der Waals surface area contributed by atoms with E-state index in [4.69, 9.17) is 0 Å². The third-order valence-electron chi connectivity index (χ3n) is 2.47. The fourth-order valence-corrected chi connectivity index (χ4v) is 1.35. The molecule has 2 aromatic carbocycles. The predicted octanol–water partition coefficient (Wildman–Crippen LogP) is -0.363. The SMILES string of the molecule is CCCC(=O)[O-].O=C([O-])c1ccccc1.O=C([O-])c1ccccc1. The fraction of sp³-hybridized carbons (Fsp3) is 0.167. The quantitative estimate of drug-likeness (QED) is 0.755. The van der Waals surface area contributed by atoms with Gasteiger partial charge >= 0.3 is 0 Å². The summed E-state index contributed by atoms with van der Waals surface area (Å²) < 4.78 is 0. The molecule has 24 heavy (non-hydrogen) atoms. The average Bonchev–Trinajstić information content (AvgIpc) is 2.57. The van der Waals surface area contributed by atoms with Crippen molar-refractivity contribution in [3.8, 4) is 0 Å². The van der Waals surface area contributed by atoms with Crippen molar-refractivity contribution >= 4 is 17.9 Å². The van der Waals surface area contributed by atoms with Crippen molar-refractivity contribution in [3.05, 3.63) is 71.8 Å². The van der Waals surface area contributed by atoms with Crippen LogP contribution in [-0.4, -0.2) is 17.9 Å². The van der Waals surface area contributed by atoms with Gasteiger partial charge in [-0.2, -0.15) is 0 Å². The molecule has 0 unspecified atom stereocenters. The number of benzene rings is 2. The maximum Gasteiger partial charge on any atom is 0.0715 e. The zero-order chi connectivity index (χ0) is 18.4. The monoisotopic (exact) mass is 329 g/mol. The summed E-state index contributed by atoms with van der Waals surface area (Å²) in [7, 11) is 0. The van der Waals surface area contributed by atoms with Gasteiger partial charge in [0.15, 0.2) is 0 Å². The van der Waals surface area contributed by atoms with Gasteiger partial charge in [0.05, 0.1) is 11.9 Å². The van der Waals surface area contributed by atoms with Crippen LogP contribution in [0.4, 0.5) is 0 Å². The molecule has 0 heterocycles. The van der Waals surface area contributed by atoms with Gasteiger partial charge < -0.3 is 29.7 Å². The highest BCUT2D eigenvalue weighted by Gasteiger charge is 1.86. The Labute approximate surface area is 140 Å². The summed E-state index contributed by atoms with van der Waals surface area (Å²) >= 11 is 0. The summed E-state index contributed by atoms with van der Waals surface area (Å²) in [5, 5.41) is 29.7. The van der Waals surface area contributed by atoms with Gasteiger partial charge in [-0.05, 0) is 17.5 Å². The van der Waals surface area contributed by atoms with Crippen molar-refractivity contribution in [2.75, 3.05) is 0 Å². The van der Waals surface area contributed by atoms with Crippen LogP contribution in [-0.2, 0) is 4.79 Å². The van der Waals surface area contributed by atoms with Crippen LogP contribution in [0.5, 0.6) is 0 Å². The number of hydrogen-bond acceptors (Lipinski definition) is 6. The van der Waals surface area contributed by atoms with Crippen molar-refractivity contribution in [1.82, 2.24) is 0 Å². The molecule has 0 fully saturated rings. The second kappa shape index (κ2) is 12.4. The van der Waals surface area contributed by atoms with E-state index >= 15 is 0 Å². The number of carbonyl (C=O) groups is 3. The smallest absolute Gasteiger partial charge is 0.0715 e. The first-order chi connectivity index (χ1) is 11.4. The lowest BCUT2D eigenvalue weighted by molar-refractivity contribution is -0.305. The Morgan fingerprint density at radius 1 is 0.708 bits per heavy atom. The van der Waals surface area contributed by atoms with Gasteiger partial charge in [-0.15, -0.1) is 0 Å². The van der Waals surface area contributed by atoms with E-state index in [-0.39, 0.29) is 17.5 Å². The van der Waals surface area contributed by atoms with Gasteiger partial charge in [-0.25, -0.2) is 0 Å². The Morgan fingerprint density at radius 3 is 1.17 bits per heavy atom. The van der Waals surface area contributed by atoms with E-state index in [1.165, 1.54) is 24.3 Å². The Balaban J connectivity index is 0.000000340. The van der Waals surface area contributed by atoms with Crippen molar-refractivity contribution < 1.29 is 29.7 Å². The molecule has 2 rings (SSSR count). The summed E-state index contributed by atoms with van der Waals surface area (Å²) in [4.78, 5) is 29.7. The number of hydrogen-bond donors (Lipinski definition) is 0. The fourth-order valence-electron chi connectivity index (χ4n) is 1.35. The molecule has 0 bridgehead atoms. The van der Waals surface area contributed by atoms with Crippen LogP contribution in [0.15, 0.2) is 60.7 Å². The van der Waals surface area contributed by atoms with Crippen molar-refractivity contribution in [2.45, 2.75) is 19.8 Å². The molecule has 128 valence electrons. The molecule has 2 aromatic rings. The van der Waals surface area contributed by atoms with Crippen LogP contribution in [0.1, 0.15) is 40.5 Å². The van der Waals surface area contributed by atoms with E-state index in [1.807, 2.05) is 0 Å². The van der Waals surface area contributed by atoms with Crippen LogP contribution in [0.25, 0.3) is 0 Å². The predicted molar refractivity (Wildman–Crippen MR) is 81.5 cm³/mol.